The van der Waals surface area contributed by atoms with Crippen LogP contribution in [0.15, 0.2) is 42.5 Å². The van der Waals surface area contributed by atoms with Crippen LogP contribution >= 0.6 is 21.7 Å². The van der Waals surface area contributed by atoms with E-state index < -0.39 is 107 Å². The van der Waals surface area contributed by atoms with Crippen LogP contribution in [0.2, 0.25) is 0 Å². The molecule has 1 aromatic carbocycles. The number of amides is 2. The van der Waals surface area contributed by atoms with E-state index in [1.165, 1.54) is 41.2 Å². The first-order chi connectivity index (χ1) is 26.2. The SMILES string of the molecule is C=C(C)C(=O)OCC(COC(=O)C(=C)C)OC(=O)NCCCS(O)(OC)OS(CCCC(CC(=O)O)C(=O)NC(Cc1ccc(O)c(O)c1)C(=O)O)(OC)OC. The summed E-state index contributed by atoms with van der Waals surface area (Å²) in [7, 11) is -2.79. The van der Waals surface area contributed by atoms with E-state index in [4.69, 9.17) is 30.4 Å². The third-order valence-corrected chi connectivity index (χ3v) is 12.2. The van der Waals surface area contributed by atoms with E-state index in [2.05, 4.69) is 23.8 Å². The van der Waals surface area contributed by atoms with Crippen LogP contribution in [-0.4, -0.2) is 126 Å². The maximum absolute atomic E-state index is 13.1. The standard InChI is InChI=1S/C34H52N2O18S2/c1-21(2)32(44)51-19-25(20-52-33(45)22(3)4)53-34(46)35-13-9-14-55(47,48-5)54-56(49-6,50-7)15-8-10-24(18-29(39)40)30(41)36-26(31(42)43)16-23-11-12-27(37)28(38)17-23/h11-12,17,24-26,37-38,47H,1,3,8-10,13-16,18-20H2,2,4-7H3,(H,35,46)(H,36,41)(H,39,40)(H,42,43). The Balaban J connectivity index is 2.86. The van der Waals surface area contributed by atoms with Gasteiger partial charge in [-0.25, -0.2) is 19.2 Å². The van der Waals surface area contributed by atoms with Crippen molar-refractivity contribution in [1.82, 2.24) is 10.6 Å². The number of aromatic hydroxyl groups is 2. The Morgan fingerprint density at radius 1 is 0.839 bits per heavy atom. The van der Waals surface area contributed by atoms with E-state index in [0.29, 0.717) is 0 Å². The smallest absolute Gasteiger partial charge is 0.407 e. The van der Waals surface area contributed by atoms with Crippen molar-refractivity contribution in [3.63, 3.8) is 0 Å². The minimum Gasteiger partial charge on any atom is -0.504 e. The number of hydrogen-bond acceptors (Lipinski definition) is 16. The number of carbonyl (C=O) groups is 6. The van der Waals surface area contributed by atoms with Gasteiger partial charge in [-0.15, -0.1) is 0 Å². The molecule has 1 aromatic rings. The molecule has 3 unspecified atom stereocenters. The second-order valence-corrected chi connectivity index (χ2v) is 16.7. The van der Waals surface area contributed by atoms with Gasteiger partial charge >= 0.3 is 30.0 Å². The summed E-state index contributed by atoms with van der Waals surface area (Å²) >= 11 is 0. The van der Waals surface area contributed by atoms with Crippen LogP contribution in [0.25, 0.3) is 0 Å². The topological polar surface area (TPSA) is 292 Å². The molecule has 3 atom stereocenters. The highest BCUT2D eigenvalue weighted by molar-refractivity contribution is 8.33. The average Bonchev–Trinajstić information content (AvgIpc) is 3.14. The summed E-state index contributed by atoms with van der Waals surface area (Å²) in [6, 6.07) is 2.15. The van der Waals surface area contributed by atoms with Gasteiger partial charge in [-0.2, -0.15) is 3.63 Å². The lowest BCUT2D eigenvalue weighted by Gasteiger charge is -2.42. The summed E-state index contributed by atoms with van der Waals surface area (Å²) in [6.07, 6.45) is -3.06. The molecule has 0 saturated carbocycles. The van der Waals surface area contributed by atoms with Crippen molar-refractivity contribution in [3.05, 3.63) is 48.1 Å². The van der Waals surface area contributed by atoms with Gasteiger partial charge in [-0.3, -0.25) is 22.1 Å². The quantitative estimate of drug-likeness (QED) is 0.0220. The Bertz CT molecular complexity index is 1520. The van der Waals surface area contributed by atoms with Gasteiger partial charge in [0, 0.05) is 41.5 Å². The molecule has 20 nitrogen and oxygen atoms in total. The summed E-state index contributed by atoms with van der Waals surface area (Å²) in [5.74, 6) is -7.49. The molecule has 0 radical (unpaired) electrons. The lowest BCUT2D eigenvalue weighted by Crippen LogP contribution is -2.45. The predicted molar refractivity (Wildman–Crippen MR) is 202 cm³/mol. The van der Waals surface area contributed by atoms with E-state index >= 15 is 0 Å². The highest BCUT2D eigenvalue weighted by Gasteiger charge is 2.36. The third-order valence-electron chi connectivity index (χ3n) is 7.43. The maximum Gasteiger partial charge on any atom is 0.407 e. The predicted octanol–water partition coefficient (Wildman–Crippen LogP) is 3.42. The molecule has 1 rings (SSSR count). The van der Waals surface area contributed by atoms with Crippen LogP contribution in [0.1, 0.15) is 45.1 Å². The van der Waals surface area contributed by atoms with Gasteiger partial charge in [-0.1, -0.05) is 19.2 Å². The number of benzene rings is 1. The molecule has 56 heavy (non-hydrogen) atoms. The molecule has 0 heterocycles. The number of phenolic OH excluding ortho intramolecular Hbond substituents is 2. The number of carboxylic acid groups (broad SMARTS) is 2. The second-order valence-electron chi connectivity index (χ2n) is 12.0. The van der Waals surface area contributed by atoms with Gasteiger partial charge in [0.1, 0.15) is 41.0 Å². The van der Waals surface area contributed by atoms with E-state index in [9.17, 15) is 53.7 Å². The van der Waals surface area contributed by atoms with Crippen molar-refractivity contribution in [2.24, 2.45) is 5.92 Å². The average molecular weight is 841 g/mol. The molecule has 22 heteroatoms. The van der Waals surface area contributed by atoms with Crippen molar-refractivity contribution in [2.75, 3.05) is 52.6 Å². The summed E-state index contributed by atoms with van der Waals surface area (Å²) in [4.78, 5) is 72.8. The Morgan fingerprint density at radius 3 is 1.91 bits per heavy atom. The molecule has 318 valence electrons. The molecular weight excluding hydrogens is 789 g/mol. The number of esters is 2. The van der Waals surface area contributed by atoms with E-state index in [1.807, 2.05) is 0 Å². The van der Waals surface area contributed by atoms with Crippen LogP contribution in [0.3, 0.4) is 0 Å². The van der Waals surface area contributed by atoms with Gasteiger partial charge in [0.25, 0.3) is 0 Å². The minimum atomic E-state index is -3.39. The van der Waals surface area contributed by atoms with Gasteiger partial charge < -0.3 is 49.8 Å². The zero-order chi connectivity index (χ0) is 42.6. The highest BCUT2D eigenvalue weighted by Crippen LogP contribution is 2.64. The van der Waals surface area contributed by atoms with Crippen LogP contribution in [-0.2, 0) is 60.8 Å². The molecule has 0 aliphatic carbocycles. The number of carboxylic acids is 2. The normalized spacial score (nSPS) is 14.3. The first-order valence-corrected chi connectivity index (χ1v) is 20.0. The molecule has 7 N–H and O–H groups in total. The molecule has 0 aliphatic rings. The van der Waals surface area contributed by atoms with Crippen LogP contribution in [0.4, 0.5) is 4.79 Å². The monoisotopic (exact) mass is 840 g/mol. The van der Waals surface area contributed by atoms with Gasteiger partial charge in [0.05, 0.1) is 27.8 Å². The largest absolute Gasteiger partial charge is 0.504 e. The number of ether oxygens (including phenoxy) is 3. The van der Waals surface area contributed by atoms with Crippen LogP contribution in [0.5, 0.6) is 11.5 Å². The minimum absolute atomic E-state index is 0.0448. The summed E-state index contributed by atoms with van der Waals surface area (Å²) < 4.78 is 48.6. The number of carbonyl (C=O) groups excluding carboxylic acids is 4. The van der Waals surface area contributed by atoms with E-state index in [0.717, 1.165) is 12.1 Å². The fourth-order valence-corrected chi connectivity index (χ4v) is 8.61. The summed E-state index contributed by atoms with van der Waals surface area (Å²) in [6.45, 7) is 8.79. The molecule has 0 spiro atoms. The van der Waals surface area contributed by atoms with Crippen molar-refractivity contribution < 1.29 is 84.1 Å². The van der Waals surface area contributed by atoms with E-state index in [1.54, 1.807) is 0 Å². The number of rotatable bonds is 27. The second kappa shape index (κ2) is 24.1. The molecular formula is C34H52N2O18S2. The van der Waals surface area contributed by atoms with E-state index in [-0.39, 0.29) is 60.4 Å². The molecule has 0 aromatic heterocycles. The number of alkyl carbamates (subject to hydrolysis) is 1. The Kier molecular flexibility index (Phi) is 21.3. The molecule has 0 fully saturated rings. The van der Waals surface area contributed by atoms with Gasteiger partial charge in [0.2, 0.25) is 5.91 Å². The molecule has 0 aliphatic heterocycles. The summed E-state index contributed by atoms with van der Waals surface area (Å²) in [5, 5.41) is 43.2. The first-order valence-electron chi connectivity index (χ1n) is 16.8. The number of nitrogens with one attached hydrogen (secondary N) is 2. The number of phenols is 2. The Labute approximate surface area is 327 Å². The maximum atomic E-state index is 13.1. The van der Waals surface area contributed by atoms with Crippen molar-refractivity contribution in [1.29, 1.82) is 0 Å². The molecule has 0 saturated heterocycles. The highest BCUT2D eigenvalue weighted by atomic mass is 32.4. The van der Waals surface area contributed by atoms with Gasteiger partial charge in [-0.05, 0) is 50.8 Å². The van der Waals surface area contributed by atoms with Crippen LogP contribution < -0.4 is 10.6 Å². The first kappa shape index (κ1) is 49.4. The Hall–Kier alpha value is -4.58. The third kappa shape index (κ3) is 17.9. The molecule has 0 bridgehead atoms. The van der Waals surface area contributed by atoms with Crippen molar-refractivity contribution in [3.8, 4) is 11.5 Å². The lowest BCUT2D eigenvalue weighted by molar-refractivity contribution is -0.148. The fourth-order valence-electron chi connectivity index (χ4n) is 4.43. The Morgan fingerprint density at radius 2 is 1.43 bits per heavy atom. The van der Waals surface area contributed by atoms with Crippen LogP contribution in [0, 0.1) is 5.92 Å². The zero-order valence-corrected chi connectivity index (χ0v) is 33.4. The van der Waals surface area contributed by atoms with Crippen molar-refractivity contribution >= 4 is 57.6 Å². The van der Waals surface area contributed by atoms with Crippen molar-refractivity contribution in [2.45, 2.75) is 58.1 Å². The zero-order valence-electron chi connectivity index (χ0n) is 31.8. The molecule has 2 amide bonds. The number of aliphatic carboxylic acids is 2. The van der Waals surface area contributed by atoms with Gasteiger partial charge in [0.15, 0.2) is 17.6 Å². The fraction of sp³-hybridized carbons (Fsp3) is 0.529. The summed E-state index contributed by atoms with van der Waals surface area (Å²) in [5.41, 5.74) is 0.473. The number of hydrogen-bond donors (Lipinski definition) is 7. The lowest BCUT2D eigenvalue weighted by atomic mass is 9.97.